The van der Waals surface area contributed by atoms with E-state index < -0.39 is 0 Å². The van der Waals surface area contributed by atoms with Crippen LogP contribution in [0.5, 0.6) is 0 Å². The molecule has 1 unspecified atom stereocenters. The van der Waals surface area contributed by atoms with Crippen LogP contribution in [-0.2, 0) is 16.0 Å². The SMILES string of the molecule is O=C(CN1C(=O)C2(CCCCC2)C1c1ccccc1)NCCc1nc2ccccc2[nH]1. The van der Waals surface area contributed by atoms with Gasteiger partial charge in [-0.1, -0.05) is 61.7 Å². The number of aromatic nitrogens is 2. The van der Waals surface area contributed by atoms with Crippen LogP contribution in [0.3, 0.4) is 0 Å². The molecular weight excluding hydrogens is 388 g/mol. The Hall–Kier alpha value is -3.15. The first-order chi connectivity index (χ1) is 15.2. The lowest BCUT2D eigenvalue weighted by atomic mass is 9.60. The molecule has 1 spiro atoms. The molecule has 2 amide bonds. The van der Waals surface area contributed by atoms with E-state index in [9.17, 15) is 9.59 Å². The fraction of sp³-hybridized carbons (Fsp3) is 0.400. The molecule has 2 heterocycles. The first-order valence-electron chi connectivity index (χ1n) is 11.2. The quantitative estimate of drug-likeness (QED) is 0.601. The highest BCUT2D eigenvalue weighted by molar-refractivity contribution is 5.94. The zero-order chi connectivity index (χ0) is 21.3. The Labute approximate surface area is 182 Å². The molecular formula is C25H28N4O2. The van der Waals surface area contributed by atoms with Gasteiger partial charge in [0, 0.05) is 13.0 Å². The van der Waals surface area contributed by atoms with E-state index >= 15 is 0 Å². The number of carbonyl (C=O) groups excluding carboxylic acids is 2. The minimum absolute atomic E-state index is 0.00243. The highest BCUT2D eigenvalue weighted by atomic mass is 16.2. The van der Waals surface area contributed by atoms with Crippen LogP contribution in [0.25, 0.3) is 11.0 Å². The van der Waals surface area contributed by atoms with Crippen molar-refractivity contribution in [1.82, 2.24) is 20.2 Å². The van der Waals surface area contributed by atoms with Crippen LogP contribution >= 0.6 is 0 Å². The number of H-pyrrole nitrogens is 1. The maximum atomic E-state index is 13.2. The molecule has 1 atom stereocenters. The second-order valence-electron chi connectivity index (χ2n) is 8.76. The molecule has 1 aromatic heterocycles. The molecule has 0 bridgehead atoms. The second-order valence-corrected chi connectivity index (χ2v) is 8.76. The normalized spacial score (nSPS) is 20.1. The number of benzene rings is 2. The Morgan fingerprint density at radius 2 is 1.81 bits per heavy atom. The summed E-state index contributed by atoms with van der Waals surface area (Å²) in [5.41, 5.74) is 2.75. The number of rotatable bonds is 6. The first kappa shape index (κ1) is 19.8. The van der Waals surface area contributed by atoms with Gasteiger partial charge in [0.1, 0.15) is 12.4 Å². The number of carbonyl (C=O) groups is 2. The highest BCUT2D eigenvalue weighted by Gasteiger charge is 2.60. The number of aromatic amines is 1. The van der Waals surface area contributed by atoms with Crippen LogP contribution in [0.1, 0.15) is 49.5 Å². The van der Waals surface area contributed by atoms with Gasteiger partial charge in [0.2, 0.25) is 11.8 Å². The van der Waals surface area contributed by atoms with Crippen LogP contribution in [-0.4, -0.2) is 39.8 Å². The summed E-state index contributed by atoms with van der Waals surface area (Å²) >= 11 is 0. The van der Waals surface area contributed by atoms with Gasteiger partial charge >= 0.3 is 0 Å². The van der Waals surface area contributed by atoms with Crippen LogP contribution in [0, 0.1) is 5.41 Å². The van der Waals surface area contributed by atoms with Crippen LogP contribution < -0.4 is 5.32 Å². The maximum Gasteiger partial charge on any atom is 0.239 e. The third-order valence-electron chi connectivity index (χ3n) is 6.82. The largest absolute Gasteiger partial charge is 0.354 e. The molecule has 6 nitrogen and oxygen atoms in total. The summed E-state index contributed by atoms with van der Waals surface area (Å²) in [4.78, 5) is 35.5. The molecule has 6 heteroatoms. The summed E-state index contributed by atoms with van der Waals surface area (Å²) in [6.45, 7) is 0.599. The van der Waals surface area contributed by atoms with E-state index in [4.69, 9.17) is 0 Å². The van der Waals surface area contributed by atoms with Gasteiger partial charge in [0.25, 0.3) is 0 Å². The lowest BCUT2D eigenvalue weighted by Crippen LogP contribution is -2.65. The smallest absolute Gasteiger partial charge is 0.239 e. The predicted molar refractivity (Wildman–Crippen MR) is 119 cm³/mol. The van der Waals surface area contributed by atoms with Crippen molar-refractivity contribution in [1.29, 1.82) is 0 Å². The number of hydrogen-bond donors (Lipinski definition) is 2. The Bertz CT molecular complexity index is 1050. The molecule has 31 heavy (non-hydrogen) atoms. The minimum Gasteiger partial charge on any atom is -0.354 e. The number of likely N-dealkylation sites (tertiary alicyclic amines) is 1. The molecule has 0 radical (unpaired) electrons. The number of β-lactam (4-membered cyclic amide) rings is 1. The average molecular weight is 417 g/mol. The fourth-order valence-electron chi connectivity index (χ4n) is 5.37. The van der Waals surface area contributed by atoms with Crippen LogP contribution in [0.15, 0.2) is 54.6 Å². The van der Waals surface area contributed by atoms with Gasteiger partial charge in [-0.2, -0.15) is 0 Å². The Balaban J connectivity index is 1.22. The van der Waals surface area contributed by atoms with Crippen LogP contribution in [0.4, 0.5) is 0 Å². The lowest BCUT2D eigenvalue weighted by Gasteiger charge is -2.58. The number of imidazole rings is 1. The van der Waals surface area contributed by atoms with Crippen molar-refractivity contribution in [2.24, 2.45) is 5.41 Å². The van der Waals surface area contributed by atoms with E-state index in [1.807, 2.05) is 42.5 Å². The summed E-state index contributed by atoms with van der Waals surface area (Å²) in [5.74, 6) is 0.884. The van der Waals surface area contributed by atoms with Gasteiger partial charge in [0.15, 0.2) is 0 Å². The lowest BCUT2D eigenvalue weighted by molar-refractivity contribution is -0.180. The molecule has 1 saturated heterocycles. The molecule has 5 rings (SSSR count). The van der Waals surface area contributed by atoms with Crippen molar-refractivity contribution in [3.05, 3.63) is 66.0 Å². The van der Waals surface area contributed by atoms with Gasteiger partial charge in [-0.05, 0) is 30.5 Å². The van der Waals surface area contributed by atoms with Crippen molar-refractivity contribution >= 4 is 22.8 Å². The van der Waals surface area contributed by atoms with Crippen molar-refractivity contribution in [2.45, 2.75) is 44.6 Å². The zero-order valence-electron chi connectivity index (χ0n) is 17.6. The van der Waals surface area contributed by atoms with E-state index in [2.05, 4.69) is 27.4 Å². The Morgan fingerprint density at radius 1 is 1.06 bits per heavy atom. The van der Waals surface area contributed by atoms with Gasteiger partial charge in [-0.3, -0.25) is 9.59 Å². The monoisotopic (exact) mass is 416 g/mol. The van der Waals surface area contributed by atoms with Gasteiger partial charge in [0.05, 0.1) is 22.5 Å². The minimum atomic E-state index is -0.311. The molecule has 1 saturated carbocycles. The number of nitrogens with one attached hydrogen (secondary N) is 2. The summed E-state index contributed by atoms with van der Waals surface area (Å²) in [7, 11) is 0. The third-order valence-corrected chi connectivity index (χ3v) is 6.82. The fourth-order valence-corrected chi connectivity index (χ4v) is 5.37. The first-order valence-corrected chi connectivity index (χ1v) is 11.2. The molecule has 2 aromatic carbocycles. The van der Waals surface area contributed by atoms with Crippen LogP contribution in [0.2, 0.25) is 0 Å². The molecule has 3 aromatic rings. The van der Waals surface area contributed by atoms with Gasteiger partial charge < -0.3 is 15.2 Å². The average Bonchev–Trinajstić information content (AvgIpc) is 3.22. The number of fused-ring (bicyclic) bond motifs is 1. The molecule has 1 aliphatic carbocycles. The van der Waals surface area contributed by atoms with E-state index in [0.29, 0.717) is 13.0 Å². The molecule has 160 valence electrons. The summed E-state index contributed by atoms with van der Waals surface area (Å²) in [6.07, 6.45) is 5.85. The van der Waals surface area contributed by atoms with Crippen molar-refractivity contribution in [2.75, 3.05) is 13.1 Å². The molecule has 2 aliphatic rings. The maximum absolute atomic E-state index is 13.2. The summed E-state index contributed by atoms with van der Waals surface area (Å²) < 4.78 is 0. The van der Waals surface area contributed by atoms with Crippen molar-refractivity contribution in [3.63, 3.8) is 0 Å². The van der Waals surface area contributed by atoms with Crippen molar-refractivity contribution in [3.8, 4) is 0 Å². The molecule has 1 aliphatic heterocycles. The second kappa shape index (κ2) is 8.17. The number of para-hydroxylation sites is 2. The topological polar surface area (TPSA) is 78.1 Å². The number of amides is 2. The summed E-state index contributed by atoms with van der Waals surface area (Å²) in [6, 6.07) is 18.1. The van der Waals surface area contributed by atoms with E-state index in [1.54, 1.807) is 4.90 Å². The van der Waals surface area contributed by atoms with E-state index in [0.717, 1.165) is 48.1 Å². The Morgan fingerprint density at radius 3 is 2.58 bits per heavy atom. The Kier molecular flexibility index (Phi) is 5.22. The standard InChI is InChI=1S/C25H28N4O2/c30-22(26-16-13-21-27-19-11-5-6-12-20(19)28-21)17-29-23(18-9-3-1-4-10-18)25(24(29)31)14-7-2-8-15-25/h1,3-6,9-12,23H,2,7-8,13-17H2,(H,26,30)(H,27,28). The van der Waals surface area contributed by atoms with E-state index in [1.165, 1.54) is 6.42 Å². The van der Waals surface area contributed by atoms with Crippen molar-refractivity contribution < 1.29 is 9.59 Å². The van der Waals surface area contributed by atoms with Gasteiger partial charge in [-0.25, -0.2) is 4.98 Å². The molecule has 2 N–H and O–H groups in total. The third kappa shape index (κ3) is 3.60. The summed E-state index contributed by atoms with van der Waals surface area (Å²) in [5, 5.41) is 2.97. The van der Waals surface area contributed by atoms with E-state index in [-0.39, 0.29) is 29.8 Å². The zero-order valence-corrected chi connectivity index (χ0v) is 17.6. The predicted octanol–water partition coefficient (Wildman–Crippen LogP) is 3.76. The highest BCUT2D eigenvalue weighted by Crippen LogP contribution is 2.57. The number of nitrogens with zero attached hydrogens (tertiary/aromatic N) is 2. The number of hydrogen-bond acceptors (Lipinski definition) is 3. The van der Waals surface area contributed by atoms with Gasteiger partial charge in [-0.15, -0.1) is 0 Å². The molecule has 2 fully saturated rings.